The number of benzene rings is 3. The van der Waals surface area contributed by atoms with E-state index in [4.69, 9.17) is 4.74 Å². The Kier molecular flexibility index (Phi) is 7.44. The summed E-state index contributed by atoms with van der Waals surface area (Å²) in [6.45, 7) is 2.59. The summed E-state index contributed by atoms with van der Waals surface area (Å²) in [6, 6.07) is 22.7. The van der Waals surface area contributed by atoms with Gasteiger partial charge in [0.15, 0.2) is 0 Å². The van der Waals surface area contributed by atoms with E-state index in [0.29, 0.717) is 11.9 Å². The van der Waals surface area contributed by atoms with Crippen LogP contribution in [0.25, 0.3) is 10.8 Å². The SMILES string of the molecule is COCCN(CC(=O)N1CCc2sccc2C1c1ccc(C)cc1)S(=O)(=O)c1cccc2ccccc12. The monoisotopic (exact) mass is 534 g/mol. The van der Waals surface area contributed by atoms with Gasteiger partial charge < -0.3 is 9.64 Å². The summed E-state index contributed by atoms with van der Waals surface area (Å²) in [5, 5.41) is 3.54. The zero-order chi connectivity index (χ0) is 26.0. The third-order valence-electron chi connectivity index (χ3n) is 6.90. The highest BCUT2D eigenvalue weighted by Crippen LogP contribution is 2.38. The number of hydrogen-bond acceptors (Lipinski definition) is 5. The number of carbonyl (C=O) groups is 1. The summed E-state index contributed by atoms with van der Waals surface area (Å²) in [5.41, 5.74) is 3.29. The zero-order valence-corrected chi connectivity index (χ0v) is 22.6. The van der Waals surface area contributed by atoms with E-state index in [1.165, 1.54) is 16.3 Å². The molecule has 0 radical (unpaired) electrons. The first kappa shape index (κ1) is 25.6. The van der Waals surface area contributed by atoms with E-state index in [1.807, 2.05) is 36.1 Å². The van der Waals surface area contributed by atoms with Crippen molar-refractivity contribution in [2.24, 2.45) is 0 Å². The van der Waals surface area contributed by atoms with Crippen LogP contribution in [0.1, 0.15) is 27.6 Å². The lowest BCUT2D eigenvalue weighted by Crippen LogP contribution is -2.47. The van der Waals surface area contributed by atoms with Gasteiger partial charge in [-0.25, -0.2) is 8.42 Å². The van der Waals surface area contributed by atoms with Crippen LogP contribution < -0.4 is 0 Å². The molecule has 5 rings (SSSR count). The van der Waals surface area contributed by atoms with Gasteiger partial charge in [-0.1, -0.05) is 66.2 Å². The van der Waals surface area contributed by atoms with E-state index in [1.54, 1.807) is 29.5 Å². The fourth-order valence-corrected chi connectivity index (χ4v) is 7.46. The van der Waals surface area contributed by atoms with Crippen molar-refractivity contribution in [3.63, 3.8) is 0 Å². The zero-order valence-electron chi connectivity index (χ0n) is 21.0. The van der Waals surface area contributed by atoms with Gasteiger partial charge in [-0.2, -0.15) is 4.31 Å². The van der Waals surface area contributed by atoms with Crippen molar-refractivity contribution in [3.8, 4) is 0 Å². The Morgan fingerprint density at radius 3 is 2.59 bits per heavy atom. The van der Waals surface area contributed by atoms with Gasteiger partial charge in [-0.05, 0) is 47.4 Å². The molecule has 37 heavy (non-hydrogen) atoms. The molecule has 2 heterocycles. The quantitative estimate of drug-likeness (QED) is 0.318. The molecule has 8 heteroatoms. The fraction of sp³-hybridized carbons (Fsp3) is 0.276. The maximum atomic E-state index is 13.9. The number of hydrogen-bond donors (Lipinski definition) is 0. The van der Waals surface area contributed by atoms with Crippen molar-refractivity contribution in [1.29, 1.82) is 0 Å². The molecule has 0 aliphatic carbocycles. The van der Waals surface area contributed by atoms with Gasteiger partial charge in [-0.15, -0.1) is 11.3 Å². The van der Waals surface area contributed by atoms with E-state index in [0.717, 1.165) is 28.5 Å². The van der Waals surface area contributed by atoms with Crippen LogP contribution in [0.2, 0.25) is 0 Å². The summed E-state index contributed by atoms with van der Waals surface area (Å²) in [6.07, 6.45) is 0.759. The third kappa shape index (κ3) is 5.07. The molecule has 0 saturated heterocycles. The maximum Gasteiger partial charge on any atom is 0.244 e. The highest BCUT2D eigenvalue weighted by Gasteiger charge is 2.36. The van der Waals surface area contributed by atoms with Crippen molar-refractivity contribution < 1.29 is 17.9 Å². The Morgan fingerprint density at radius 1 is 1.05 bits per heavy atom. The molecule has 3 aromatic carbocycles. The first-order valence-electron chi connectivity index (χ1n) is 12.3. The molecule has 1 atom stereocenters. The molecule has 1 amide bonds. The molecule has 0 fully saturated rings. The lowest BCUT2D eigenvalue weighted by atomic mass is 9.92. The molecule has 1 aromatic heterocycles. The number of aryl methyl sites for hydroxylation is 1. The van der Waals surface area contributed by atoms with E-state index in [2.05, 4.69) is 35.7 Å². The Hall–Kier alpha value is -3.04. The predicted octanol–water partition coefficient (Wildman–Crippen LogP) is 5.02. The van der Waals surface area contributed by atoms with Crippen molar-refractivity contribution in [2.45, 2.75) is 24.3 Å². The number of carbonyl (C=O) groups excluding carboxylic acids is 1. The molecule has 0 N–H and O–H groups in total. The molecule has 1 aliphatic heterocycles. The van der Waals surface area contributed by atoms with Crippen LogP contribution in [0.5, 0.6) is 0 Å². The Labute approximate surface area is 222 Å². The smallest absolute Gasteiger partial charge is 0.244 e. The molecule has 1 aliphatic rings. The van der Waals surface area contributed by atoms with Crippen molar-refractivity contribution in [1.82, 2.24) is 9.21 Å². The van der Waals surface area contributed by atoms with Crippen LogP contribution in [0, 0.1) is 6.92 Å². The van der Waals surface area contributed by atoms with E-state index >= 15 is 0 Å². The molecular weight excluding hydrogens is 504 g/mol. The van der Waals surface area contributed by atoms with Crippen LogP contribution in [0.3, 0.4) is 0 Å². The largest absolute Gasteiger partial charge is 0.383 e. The molecule has 0 bridgehead atoms. The number of ether oxygens (including phenoxy) is 1. The number of fused-ring (bicyclic) bond motifs is 2. The predicted molar refractivity (Wildman–Crippen MR) is 147 cm³/mol. The van der Waals surface area contributed by atoms with Gasteiger partial charge in [0.1, 0.15) is 0 Å². The van der Waals surface area contributed by atoms with Gasteiger partial charge in [0.05, 0.1) is 24.1 Å². The van der Waals surface area contributed by atoms with Crippen molar-refractivity contribution in [3.05, 3.63) is 99.7 Å². The minimum absolute atomic E-state index is 0.0839. The number of thiophene rings is 1. The summed E-state index contributed by atoms with van der Waals surface area (Å²) in [7, 11) is -2.43. The average molecular weight is 535 g/mol. The van der Waals surface area contributed by atoms with Crippen LogP contribution >= 0.6 is 11.3 Å². The van der Waals surface area contributed by atoms with Gasteiger partial charge in [0, 0.05) is 30.5 Å². The van der Waals surface area contributed by atoms with E-state index in [-0.39, 0.29) is 36.5 Å². The first-order chi connectivity index (χ1) is 17.9. The number of rotatable bonds is 8. The normalized spacial score (nSPS) is 15.8. The van der Waals surface area contributed by atoms with E-state index in [9.17, 15) is 13.2 Å². The molecule has 192 valence electrons. The van der Waals surface area contributed by atoms with Crippen molar-refractivity contribution in [2.75, 3.05) is 33.4 Å². The second kappa shape index (κ2) is 10.8. The average Bonchev–Trinajstić information content (AvgIpc) is 3.39. The second-order valence-corrected chi connectivity index (χ2v) is 12.2. The topological polar surface area (TPSA) is 66.9 Å². The Balaban J connectivity index is 1.49. The van der Waals surface area contributed by atoms with Gasteiger partial charge >= 0.3 is 0 Å². The standard InChI is InChI=1S/C29H30N2O4S2/c1-21-10-12-23(13-11-21)29-25-15-19-36-26(25)14-16-31(29)28(32)20-30(17-18-35-2)37(33,34)27-9-5-7-22-6-3-4-8-24(22)27/h3-13,15,19,29H,14,16-18,20H2,1-2H3. The molecule has 1 unspecified atom stereocenters. The number of amides is 1. The van der Waals surface area contributed by atoms with Gasteiger partial charge in [0.25, 0.3) is 0 Å². The Morgan fingerprint density at radius 2 is 1.81 bits per heavy atom. The lowest BCUT2D eigenvalue weighted by Gasteiger charge is -2.37. The van der Waals surface area contributed by atoms with Crippen LogP contribution in [0.4, 0.5) is 0 Å². The summed E-state index contributed by atoms with van der Waals surface area (Å²) in [5.74, 6) is -0.220. The summed E-state index contributed by atoms with van der Waals surface area (Å²) in [4.78, 5) is 17.2. The highest BCUT2D eigenvalue weighted by atomic mass is 32.2. The third-order valence-corrected chi connectivity index (χ3v) is 9.80. The molecule has 0 saturated carbocycles. The Bertz CT molecular complexity index is 1510. The summed E-state index contributed by atoms with van der Waals surface area (Å²) < 4.78 is 34.3. The number of sulfonamides is 1. The number of nitrogens with zero attached hydrogens (tertiary/aromatic N) is 2. The first-order valence-corrected chi connectivity index (χ1v) is 14.6. The molecule has 4 aromatic rings. The fourth-order valence-electron chi connectivity index (χ4n) is 4.97. The van der Waals surface area contributed by atoms with Crippen molar-refractivity contribution >= 4 is 38.0 Å². The van der Waals surface area contributed by atoms with Crippen LogP contribution in [-0.2, 0) is 26.0 Å². The molecular formula is C29H30N2O4S2. The highest BCUT2D eigenvalue weighted by molar-refractivity contribution is 7.89. The van der Waals surface area contributed by atoms with Gasteiger partial charge in [-0.3, -0.25) is 4.79 Å². The van der Waals surface area contributed by atoms with Gasteiger partial charge in [0.2, 0.25) is 15.9 Å². The second-order valence-electron chi connectivity index (χ2n) is 9.26. The maximum absolute atomic E-state index is 13.9. The van der Waals surface area contributed by atoms with Crippen LogP contribution in [-0.4, -0.2) is 56.9 Å². The molecule has 0 spiro atoms. The minimum atomic E-state index is -3.96. The summed E-state index contributed by atoms with van der Waals surface area (Å²) >= 11 is 1.71. The number of methoxy groups -OCH3 is 1. The lowest BCUT2D eigenvalue weighted by molar-refractivity contribution is -0.133. The minimum Gasteiger partial charge on any atom is -0.383 e. The molecule has 6 nitrogen and oxygen atoms in total. The van der Waals surface area contributed by atoms with E-state index < -0.39 is 10.0 Å². The van der Waals surface area contributed by atoms with Crippen LogP contribution in [0.15, 0.2) is 83.1 Å².